The number of hydrogen-bond donors (Lipinski definition) is 0. The molecule has 24 heavy (non-hydrogen) atoms. The van der Waals surface area contributed by atoms with Gasteiger partial charge in [0.2, 0.25) is 0 Å². The van der Waals surface area contributed by atoms with Gasteiger partial charge in [0.1, 0.15) is 0 Å². The monoisotopic (exact) mass is 392 g/mol. The maximum Gasteiger partial charge on any atom is 0.251 e. The third kappa shape index (κ3) is 2.40. The van der Waals surface area contributed by atoms with Crippen molar-refractivity contribution < 1.29 is 4.39 Å². The molecular formula is C19H22BrFN2O. The summed E-state index contributed by atoms with van der Waals surface area (Å²) in [5.74, 6) is 0.428. The molecule has 3 nitrogen and oxygen atoms in total. The van der Waals surface area contributed by atoms with E-state index >= 15 is 4.39 Å². The molecule has 1 aromatic carbocycles. The van der Waals surface area contributed by atoms with Crippen LogP contribution in [0.3, 0.4) is 0 Å². The molecule has 4 rings (SSSR count). The molecule has 1 unspecified atom stereocenters. The number of benzene rings is 1. The highest BCUT2D eigenvalue weighted by Crippen LogP contribution is 2.43. The predicted octanol–water partition coefficient (Wildman–Crippen LogP) is 4.78. The Morgan fingerprint density at radius 2 is 2.04 bits per heavy atom. The highest BCUT2D eigenvalue weighted by atomic mass is 79.9. The van der Waals surface area contributed by atoms with Crippen molar-refractivity contribution in [3.63, 3.8) is 0 Å². The summed E-state index contributed by atoms with van der Waals surface area (Å²) in [5, 5.41) is 0.798. The summed E-state index contributed by atoms with van der Waals surface area (Å²) >= 11 is 3.46. The molecule has 2 aromatic rings. The lowest BCUT2D eigenvalue weighted by atomic mass is 10.1. The molecule has 1 aliphatic heterocycles. The molecule has 1 aromatic heterocycles. The number of halogens is 2. The molecule has 0 radical (unpaired) electrons. The van der Waals surface area contributed by atoms with Gasteiger partial charge in [0.05, 0.1) is 15.7 Å². The third-order valence-corrected chi connectivity index (χ3v) is 6.34. The standard InChI is InChI=1S/C19H22BrFN2O/c1-3-12-8-9-22(10-12)19-11(2)18-14(16(20)17(19)21)6-7-15(24)23(18)13-4-5-13/h6-7,12-13H,3-5,8-10H2,1-2H3. The first kappa shape index (κ1) is 16.1. The summed E-state index contributed by atoms with van der Waals surface area (Å²) in [5.41, 5.74) is 2.48. The van der Waals surface area contributed by atoms with Gasteiger partial charge in [-0.15, -0.1) is 0 Å². The molecule has 2 heterocycles. The van der Waals surface area contributed by atoms with Crippen molar-refractivity contribution >= 4 is 32.5 Å². The van der Waals surface area contributed by atoms with Crippen LogP contribution in [0.1, 0.15) is 44.2 Å². The van der Waals surface area contributed by atoms with Gasteiger partial charge in [0, 0.05) is 30.6 Å². The molecule has 5 heteroatoms. The minimum Gasteiger partial charge on any atom is -0.369 e. The Hall–Kier alpha value is -1.36. The molecular weight excluding hydrogens is 371 g/mol. The number of aromatic nitrogens is 1. The van der Waals surface area contributed by atoms with Gasteiger partial charge in [-0.3, -0.25) is 4.79 Å². The van der Waals surface area contributed by atoms with Gasteiger partial charge < -0.3 is 9.47 Å². The van der Waals surface area contributed by atoms with E-state index in [0.29, 0.717) is 16.1 Å². The summed E-state index contributed by atoms with van der Waals surface area (Å²) in [4.78, 5) is 14.6. The summed E-state index contributed by atoms with van der Waals surface area (Å²) in [6, 6.07) is 3.58. The Balaban J connectivity index is 1.98. The average Bonchev–Trinajstić information content (AvgIpc) is 3.30. The molecule has 1 atom stereocenters. The average molecular weight is 393 g/mol. The molecule has 2 aliphatic rings. The minimum absolute atomic E-state index is 0.0189. The van der Waals surface area contributed by atoms with E-state index in [2.05, 4.69) is 27.8 Å². The molecule has 128 valence electrons. The Morgan fingerprint density at radius 3 is 2.67 bits per heavy atom. The molecule has 1 saturated carbocycles. The van der Waals surface area contributed by atoms with Crippen molar-refractivity contribution in [3.8, 4) is 0 Å². The molecule has 2 fully saturated rings. The fourth-order valence-corrected chi connectivity index (χ4v) is 4.56. The second-order valence-electron chi connectivity index (χ2n) is 7.15. The van der Waals surface area contributed by atoms with Crippen LogP contribution < -0.4 is 10.5 Å². The zero-order chi connectivity index (χ0) is 17.0. The van der Waals surface area contributed by atoms with E-state index < -0.39 is 0 Å². The first-order valence-electron chi connectivity index (χ1n) is 8.80. The van der Waals surface area contributed by atoms with Gasteiger partial charge in [0.25, 0.3) is 5.56 Å². The van der Waals surface area contributed by atoms with Gasteiger partial charge in [0.15, 0.2) is 5.82 Å². The van der Waals surface area contributed by atoms with Crippen LogP contribution in [0.5, 0.6) is 0 Å². The van der Waals surface area contributed by atoms with Crippen LogP contribution in [0.25, 0.3) is 10.9 Å². The fourth-order valence-electron chi connectivity index (χ4n) is 4.05. The van der Waals surface area contributed by atoms with Gasteiger partial charge in [-0.25, -0.2) is 4.39 Å². The van der Waals surface area contributed by atoms with Crippen molar-refractivity contribution in [2.75, 3.05) is 18.0 Å². The summed E-state index contributed by atoms with van der Waals surface area (Å²) in [7, 11) is 0. The molecule has 1 aliphatic carbocycles. The van der Waals surface area contributed by atoms with Gasteiger partial charge >= 0.3 is 0 Å². The normalized spacial score (nSPS) is 21.0. The lowest BCUT2D eigenvalue weighted by Crippen LogP contribution is -2.24. The van der Waals surface area contributed by atoms with E-state index in [0.717, 1.165) is 55.2 Å². The summed E-state index contributed by atoms with van der Waals surface area (Å²) < 4.78 is 17.5. The van der Waals surface area contributed by atoms with Crippen LogP contribution in [-0.2, 0) is 0 Å². The van der Waals surface area contributed by atoms with Crippen LogP contribution in [0.4, 0.5) is 10.1 Å². The van der Waals surface area contributed by atoms with Crippen LogP contribution in [0, 0.1) is 18.7 Å². The van der Waals surface area contributed by atoms with Crippen LogP contribution in [0.15, 0.2) is 21.4 Å². The zero-order valence-corrected chi connectivity index (χ0v) is 15.7. The topological polar surface area (TPSA) is 25.2 Å². The number of nitrogens with zero attached hydrogens (tertiary/aromatic N) is 2. The quantitative estimate of drug-likeness (QED) is 0.750. The lowest BCUT2D eigenvalue weighted by Gasteiger charge is -2.25. The van der Waals surface area contributed by atoms with E-state index in [9.17, 15) is 4.79 Å². The molecule has 0 amide bonds. The predicted molar refractivity (Wildman–Crippen MR) is 99.5 cm³/mol. The SMILES string of the molecule is CCC1CCN(c2c(F)c(Br)c3ccc(=O)n(C4CC4)c3c2C)C1. The number of pyridine rings is 1. The van der Waals surface area contributed by atoms with E-state index in [1.165, 1.54) is 0 Å². The van der Waals surface area contributed by atoms with Crippen molar-refractivity contribution in [3.05, 3.63) is 38.3 Å². The number of hydrogen-bond acceptors (Lipinski definition) is 2. The van der Waals surface area contributed by atoms with Crippen LogP contribution in [-0.4, -0.2) is 17.7 Å². The molecule has 0 spiro atoms. The first-order valence-corrected chi connectivity index (χ1v) is 9.60. The number of anilines is 1. The smallest absolute Gasteiger partial charge is 0.251 e. The maximum absolute atomic E-state index is 15.1. The van der Waals surface area contributed by atoms with Gasteiger partial charge in [-0.1, -0.05) is 13.3 Å². The van der Waals surface area contributed by atoms with Gasteiger partial charge in [-0.05, 0) is 59.7 Å². The molecule has 0 N–H and O–H groups in total. The molecule has 1 saturated heterocycles. The number of fused-ring (bicyclic) bond motifs is 1. The maximum atomic E-state index is 15.1. The summed E-state index contributed by atoms with van der Waals surface area (Å²) in [6.45, 7) is 5.94. The van der Waals surface area contributed by atoms with Crippen molar-refractivity contribution in [1.29, 1.82) is 0 Å². The van der Waals surface area contributed by atoms with Crippen molar-refractivity contribution in [1.82, 2.24) is 4.57 Å². The Morgan fingerprint density at radius 1 is 1.29 bits per heavy atom. The van der Waals surface area contributed by atoms with E-state index in [1.54, 1.807) is 12.1 Å². The second-order valence-corrected chi connectivity index (χ2v) is 7.94. The lowest BCUT2D eigenvalue weighted by molar-refractivity contribution is 0.566. The fraction of sp³-hybridized carbons (Fsp3) is 0.526. The zero-order valence-electron chi connectivity index (χ0n) is 14.1. The Kier molecular flexibility index (Phi) is 3.94. The van der Waals surface area contributed by atoms with Crippen molar-refractivity contribution in [2.45, 2.75) is 45.6 Å². The largest absolute Gasteiger partial charge is 0.369 e. The molecule has 0 bridgehead atoms. The minimum atomic E-state index is -0.197. The highest BCUT2D eigenvalue weighted by molar-refractivity contribution is 9.10. The summed E-state index contributed by atoms with van der Waals surface area (Å²) in [6.07, 6.45) is 4.29. The van der Waals surface area contributed by atoms with E-state index in [-0.39, 0.29) is 17.4 Å². The highest BCUT2D eigenvalue weighted by Gasteiger charge is 2.31. The Bertz CT molecular complexity index is 872. The second kappa shape index (κ2) is 5.87. The first-order chi connectivity index (χ1) is 11.5. The Labute approximate surface area is 149 Å². The third-order valence-electron chi connectivity index (χ3n) is 5.56. The van der Waals surface area contributed by atoms with Crippen molar-refractivity contribution in [2.24, 2.45) is 5.92 Å². The number of rotatable bonds is 3. The van der Waals surface area contributed by atoms with Crippen LogP contribution in [0.2, 0.25) is 0 Å². The van der Waals surface area contributed by atoms with E-state index in [4.69, 9.17) is 0 Å². The van der Waals surface area contributed by atoms with Crippen LogP contribution >= 0.6 is 15.9 Å². The number of aryl methyl sites for hydroxylation is 1. The van der Waals surface area contributed by atoms with E-state index in [1.807, 2.05) is 11.5 Å². The van der Waals surface area contributed by atoms with Gasteiger partial charge in [-0.2, -0.15) is 0 Å².